The molecule has 3 nitrogen and oxygen atoms in total. The van der Waals surface area contributed by atoms with Crippen molar-refractivity contribution in [2.45, 2.75) is 6.92 Å². The van der Waals surface area contributed by atoms with E-state index in [9.17, 15) is 0 Å². The molecule has 0 unspecified atom stereocenters. The lowest BCUT2D eigenvalue weighted by atomic mass is 10.4. The standard InChI is InChI=1S/C7H5BrClN3/c1-3-11-5-4(8)2-10-6(5)7(9)12-3/h2,10H,1H3. The SMILES string of the molecule is Cc1nc(Cl)c2[nH]cc(Br)c2n1. The number of nitrogens with zero attached hydrogens (tertiary/aromatic N) is 2. The summed E-state index contributed by atoms with van der Waals surface area (Å²) >= 11 is 9.23. The third kappa shape index (κ3) is 1.11. The van der Waals surface area contributed by atoms with E-state index in [-0.39, 0.29) is 0 Å². The molecule has 1 N–H and O–H groups in total. The van der Waals surface area contributed by atoms with Gasteiger partial charge in [-0.3, -0.25) is 0 Å². The number of aromatic nitrogens is 3. The minimum atomic E-state index is 0.461. The van der Waals surface area contributed by atoms with Gasteiger partial charge in [-0.1, -0.05) is 11.6 Å². The first-order valence-electron chi connectivity index (χ1n) is 3.35. The molecule has 2 aromatic heterocycles. The number of fused-ring (bicyclic) bond motifs is 1. The third-order valence-electron chi connectivity index (χ3n) is 1.55. The zero-order valence-corrected chi connectivity index (χ0v) is 8.57. The van der Waals surface area contributed by atoms with Gasteiger partial charge in [0.25, 0.3) is 0 Å². The van der Waals surface area contributed by atoms with Crippen LogP contribution >= 0.6 is 27.5 Å². The van der Waals surface area contributed by atoms with Crippen molar-refractivity contribution in [2.24, 2.45) is 0 Å². The Kier molecular flexibility index (Phi) is 1.81. The van der Waals surface area contributed by atoms with Crippen LogP contribution in [0.3, 0.4) is 0 Å². The van der Waals surface area contributed by atoms with Gasteiger partial charge < -0.3 is 4.98 Å². The highest BCUT2D eigenvalue weighted by molar-refractivity contribution is 9.10. The minimum absolute atomic E-state index is 0.461. The lowest BCUT2D eigenvalue weighted by Gasteiger charge is -1.94. The van der Waals surface area contributed by atoms with Crippen molar-refractivity contribution in [2.75, 3.05) is 0 Å². The van der Waals surface area contributed by atoms with E-state index in [1.807, 2.05) is 6.92 Å². The summed E-state index contributed by atoms with van der Waals surface area (Å²) in [6.45, 7) is 1.81. The van der Waals surface area contributed by atoms with Gasteiger partial charge in [0.15, 0.2) is 5.15 Å². The fourth-order valence-electron chi connectivity index (χ4n) is 1.04. The molecule has 2 rings (SSSR count). The molecule has 0 radical (unpaired) electrons. The molecule has 0 aliphatic rings. The molecule has 0 aliphatic heterocycles. The number of aryl methyl sites for hydroxylation is 1. The summed E-state index contributed by atoms with van der Waals surface area (Å²) in [5.41, 5.74) is 1.60. The Morgan fingerprint density at radius 3 is 3.00 bits per heavy atom. The van der Waals surface area contributed by atoms with Crippen LogP contribution in [0.4, 0.5) is 0 Å². The van der Waals surface area contributed by atoms with Crippen molar-refractivity contribution in [1.82, 2.24) is 15.0 Å². The zero-order chi connectivity index (χ0) is 8.72. The minimum Gasteiger partial charge on any atom is -0.356 e. The number of hydrogen-bond acceptors (Lipinski definition) is 2. The van der Waals surface area contributed by atoms with Gasteiger partial charge in [-0.2, -0.15) is 0 Å². The molecule has 2 aromatic rings. The maximum atomic E-state index is 5.87. The second-order valence-corrected chi connectivity index (χ2v) is 3.63. The van der Waals surface area contributed by atoms with E-state index in [1.165, 1.54) is 0 Å². The van der Waals surface area contributed by atoms with Crippen LogP contribution < -0.4 is 0 Å². The molecule has 5 heteroatoms. The lowest BCUT2D eigenvalue weighted by Crippen LogP contribution is -1.88. The molecule has 0 fully saturated rings. The van der Waals surface area contributed by atoms with Crippen molar-refractivity contribution < 1.29 is 0 Å². The number of halogens is 2. The largest absolute Gasteiger partial charge is 0.356 e. The van der Waals surface area contributed by atoms with Crippen LogP contribution in [-0.2, 0) is 0 Å². The Balaban J connectivity index is 2.92. The van der Waals surface area contributed by atoms with Crippen LogP contribution in [0.15, 0.2) is 10.7 Å². The van der Waals surface area contributed by atoms with Gasteiger partial charge in [0.05, 0.1) is 4.47 Å². The van der Waals surface area contributed by atoms with Crippen LogP contribution in [0.5, 0.6) is 0 Å². The number of nitrogens with one attached hydrogen (secondary N) is 1. The summed E-state index contributed by atoms with van der Waals surface area (Å²) in [4.78, 5) is 11.2. The van der Waals surface area contributed by atoms with E-state index in [4.69, 9.17) is 11.6 Å². The molecule has 0 atom stereocenters. The second-order valence-electron chi connectivity index (χ2n) is 2.42. The normalized spacial score (nSPS) is 10.9. The van der Waals surface area contributed by atoms with E-state index in [0.29, 0.717) is 11.0 Å². The fraction of sp³-hybridized carbons (Fsp3) is 0.143. The van der Waals surface area contributed by atoms with Crippen molar-refractivity contribution in [3.05, 3.63) is 21.6 Å². The second kappa shape index (κ2) is 2.71. The van der Waals surface area contributed by atoms with Crippen LogP contribution in [0, 0.1) is 6.92 Å². The molecule has 62 valence electrons. The van der Waals surface area contributed by atoms with Gasteiger partial charge in [-0.15, -0.1) is 0 Å². The molecule has 0 aromatic carbocycles. The molecule has 0 spiro atoms. The maximum Gasteiger partial charge on any atom is 0.156 e. The highest BCUT2D eigenvalue weighted by Crippen LogP contribution is 2.25. The summed E-state index contributed by atoms with van der Waals surface area (Å²) in [5.74, 6) is 0.674. The molecule has 0 aliphatic carbocycles. The predicted molar refractivity (Wildman–Crippen MR) is 51.3 cm³/mol. The van der Waals surface area contributed by atoms with Crippen LogP contribution in [0.2, 0.25) is 5.15 Å². The summed E-state index contributed by atoms with van der Waals surface area (Å²) in [6.07, 6.45) is 1.80. The fourth-order valence-corrected chi connectivity index (χ4v) is 1.71. The van der Waals surface area contributed by atoms with Crippen molar-refractivity contribution >= 4 is 38.6 Å². The average molecular weight is 246 g/mol. The van der Waals surface area contributed by atoms with Crippen LogP contribution in [0.25, 0.3) is 11.0 Å². The Bertz CT molecular complexity index is 437. The van der Waals surface area contributed by atoms with E-state index in [1.54, 1.807) is 6.20 Å². The number of hydrogen-bond donors (Lipinski definition) is 1. The predicted octanol–water partition coefficient (Wildman–Crippen LogP) is 2.68. The summed E-state index contributed by atoms with van der Waals surface area (Å²) in [5, 5.41) is 0.461. The summed E-state index contributed by atoms with van der Waals surface area (Å²) in [7, 11) is 0. The van der Waals surface area contributed by atoms with E-state index >= 15 is 0 Å². The number of H-pyrrole nitrogens is 1. The van der Waals surface area contributed by atoms with Crippen molar-refractivity contribution in [3.63, 3.8) is 0 Å². The first-order valence-corrected chi connectivity index (χ1v) is 4.52. The molecular weight excluding hydrogens is 241 g/mol. The Labute approximate surface area is 82.3 Å². The van der Waals surface area contributed by atoms with E-state index in [0.717, 1.165) is 15.5 Å². The molecule has 0 saturated heterocycles. The highest BCUT2D eigenvalue weighted by atomic mass is 79.9. The first-order chi connectivity index (χ1) is 5.68. The third-order valence-corrected chi connectivity index (χ3v) is 2.42. The number of aromatic amines is 1. The van der Waals surface area contributed by atoms with Gasteiger partial charge in [-0.05, 0) is 22.9 Å². The quantitative estimate of drug-likeness (QED) is 0.726. The molecule has 2 heterocycles. The van der Waals surface area contributed by atoms with Gasteiger partial charge in [0, 0.05) is 6.20 Å². The molecule has 12 heavy (non-hydrogen) atoms. The zero-order valence-electron chi connectivity index (χ0n) is 6.23. The van der Waals surface area contributed by atoms with Gasteiger partial charge in [0.2, 0.25) is 0 Å². The highest BCUT2D eigenvalue weighted by Gasteiger charge is 2.07. The van der Waals surface area contributed by atoms with Crippen LogP contribution in [0.1, 0.15) is 5.82 Å². The Morgan fingerprint density at radius 2 is 2.25 bits per heavy atom. The molecule has 0 bridgehead atoms. The van der Waals surface area contributed by atoms with E-state index < -0.39 is 0 Å². The molecular formula is C7H5BrClN3. The van der Waals surface area contributed by atoms with Gasteiger partial charge in [0.1, 0.15) is 16.9 Å². The van der Waals surface area contributed by atoms with Gasteiger partial charge in [-0.25, -0.2) is 9.97 Å². The van der Waals surface area contributed by atoms with Crippen LogP contribution in [-0.4, -0.2) is 15.0 Å². The van der Waals surface area contributed by atoms with Crippen molar-refractivity contribution in [1.29, 1.82) is 0 Å². The van der Waals surface area contributed by atoms with E-state index in [2.05, 4.69) is 30.9 Å². The number of rotatable bonds is 0. The summed E-state index contributed by atoms with van der Waals surface area (Å²) < 4.78 is 0.907. The van der Waals surface area contributed by atoms with Crippen molar-refractivity contribution in [3.8, 4) is 0 Å². The monoisotopic (exact) mass is 245 g/mol. The molecule has 0 amide bonds. The average Bonchev–Trinajstić information content (AvgIpc) is 2.33. The van der Waals surface area contributed by atoms with Gasteiger partial charge >= 0.3 is 0 Å². The lowest BCUT2D eigenvalue weighted by molar-refractivity contribution is 1.09. The Hall–Kier alpha value is -0.610. The topological polar surface area (TPSA) is 41.6 Å². The molecule has 0 saturated carbocycles. The smallest absolute Gasteiger partial charge is 0.156 e. The first kappa shape index (κ1) is 8.01. The summed E-state index contributed by atoms with van der Waals surface area (Å²) in [6, 6.07) is 0. The maximum absolute atomic E-state index is 5.87. The Morgan fingerprint density at radius 1 is 1.50 bits per heavy atom.